The number of anilines is 1. The Bertz CT molecular complexity index is 910. The maximum absolute atomic E-state index is 11.6. The Kier molecular flexibility index (Phi) is 5.20. The lowest BCUT2D eigenvalue weighted by Crippen LogP contribution is -2.31. The van der Waals surface area contributed by atoms with Crippen LogP contribution in [0.2, 0.25) is 5.02 Å². The highest BCUT2D eigenvalue weighted by atomic mass is 35.5. The first-order valence-corrected chi connectivity index (χ1v) is 9.21. The van der Waals surface area contributed by atoms with Gasteiger partial charge in [0.2, 0.25) is 0 Å². The predicted molar refractivity (Wildman–Crippen MR) is 102 cm³/mol. The van der Waals surface area contributed by atoms with Crippen molar-refractivity contribution >= 4 is 45.6 Å². The van der Waals surface area contributed by atoms with E-state index >= 15 is 0 Å². The number of fused-ring (bicyclic) bond motifs is 1. The van der Waals surface area contributed by atoms with E-state index in [-0.39, 0.29) is 5.92 Å². The van der Waals surface area contributed by atoms with Crippen LogP contribution in [-0.2, 0) is 4.79 Å². The number of rotatable bonds is 6. The van der Waals surface area contributed by atoms with E-state index in [4.69, 9.17) is 11.6 Å². The van der Waals surface area contributed by atoms with Crippen LogP contribution in [0.25, 0.3) is 21.6 Å². The number of aromatic nitrogens is 2. The molecule has 5 nitrogen and oxygen atoms in total. The molecule has 0 aliphatic heterocycles. The molecule has 130 valence electrons. The van der Waals surface area contributed by atoms with Crippen molar-refractivity contribution in [3.05, 3.63) is 40.7 Å². The van der Waals surface area contributed by atoms with E-state index < -0.39 is 12.0 Å². The van der Waals surface area contributed by atoms with Crippen molar-refractivity contribution in [2.24, 2.45) is 5.92 Å². The van der Waals surface area contributed by atoms with Crippen LogP contribution in [-0.4, -0.2) is 27.1 Å². The Morgan fingerprint density at radius 2 is 2.04 bits per heavy atom. The SMILES string of the molecule is CC(C)CC(Nc1nc(-c2sccc2Cl)nc2ccccc12)C(=O)O. The highest BCUT2D eigenvalue weighted by Gasteiger charge is 2.21. The number of halogens is 1. The lowest BCUT2D eigenvalue weighted by molar-refractivity contribution is -0.138. The van der Waals surface area contributed by atoms with E-state index in [1.165, 1.54) is 11.3 Å². The number of nitrogens with zero attached hydrogens (tertiary/aromatic N) is 2. The summed E-state index contributed by atoms with van der Waals surface area (Å²) in [6.45, 7) is 3.99. The van der Waals surface area contributed by atoms with E-state index in [1.54, 1.807) is 6.07 Å². The summed E-state index contributed by atoms with van der Waals surface area (Å²) < 4.78 is 0. The van der Waals surface area contributed by atoms with E-state index in [0.717, 1.165) is 15.8 Å². The molecule has 0 saturated heterocycles. The molecule has 1 unspecified atom stereocenters. The predicted octanol–water partition coefficient (Wildman–Crippen LogP) is 4.92. The molecule has 0 radical (unpaired) electrons. The van der Waals surface area contributed by atoms with Crippen LogP contribution in [0.1, 0.15) is 20.3 Å². The zero-order valence-corrected chi connectivity index (χ0v) is 15.4. The molecule has 1 aromatic carbocycles. The van der Waals surface area contributed by atoms with E-state index in [2.05, 4.69) is 15.3 Å². The van der Waals surface area contributed by atoms with Crippen LogP contribution in [0, 0.1) is 5.92 Å². The minimum absolute atomic E-state index is 0.243. The number of nitrogens with one attached hydrogen (secondary N) is 1. The normalized spacial score (nSPS) is 12.5. The van der Waals surface area contributed by atoms with Gasteiger partial charge in [0.1, 0.15) is 11.9 Å². The van der Waals surface area contributed by atoms with Crippen LogP contribution in [0.4, 0.5) is 5.82 Å². The number of benzene rings is 1. The highest BCUT2D eigenvalue weighted by Crippen LogP contribution is 2.33. The first-order valence-electron chi connectivity index (χ1n) is 7.95. The Balaban J connectivity index is 2.09. The molecule has 3 rings (SSSR count). The summed E-state index contributed by atoms with van der Waals surface area (Å²) in [5, 5.41) is 15.9. The zero-order valence-electron chi connectivity index (χ0n) is 13.9. The van der Waals surface area contributed by atoms with Gasteiger partial charge in [-0.2, -0.15) is 0 Å². The third-order valence-corrected chi connectivity index (χ3v) is 5.08. The fraction of sp³-hybridized carbons (Fsp3) is 0.278. The van der Waals surface area contributed by atoms with Gasteiger partial charge in [-0.3, -0.25) is 0 Å². The molecule has 2 aromatic heterocycles. The fourth-order valence-electron chi connectivity index (χ4n) is 2.60. The van der Waals surface area contributed by atoms with Crippen molar-refractivity contribution in [3.8, 4) is 10.7 Å². The molecule has 25 heavy (non-hydrogen) atoms. The van der Waals surface area contributed by atoms with Crippen molar-refractivity contribution in [2.45, 2.75) is 26.3 Å². The number of carbonyl (C=O) groups is 1. The molecule has 2 N–H and O–H groups in total. The van der Waals surface area contributed by atoms with Crippen LogP contribution in [0.5, 0.6) is 0 Å². The molecule has 0 aliphatic carbocycles. The molecule has 2 heterocycles. The molecule has 0 saturated carbocycles. The Hall–Kier alpha value is -2.18. The van der Waals surface area contributed by atoms with Gasteiger partial charge in [-0.15, -0.1) is 11.3 Å². The van der Waals surface area contributed by atoms with Crippen LogP contribution in [0.3, 0.4) is 0 Å². The van der Waals surface area contributed by atoms with Crippen molar-refractivity contribution in [3.63, 3.8) is 0 Å². The number of aliphatic carboxylic acids is 1. The average molecular weight is 376 g/mol. The van der Waals surface area contributed by atoms with Gasteiger partial charge in [-0.05, 0) is 35.9 Å². The molecule has 0 aliphatic rings. The molecule has 0 spiro atoms. The quantitative estimate of drug-likeness (QED) is 0.639. The number of thiophene rings is 1. The molecule has 0 amide bonds. The Labute approximate surface area is 154 Å². The first kappa shape index (κ1) is 17.6. The third kappa shape index (κ3) is 3.91. The van der Waals surface area contributed by atoms with Crippen LogP contribution < -0.4 is 5.32 Å². The highest BCUT2D eigenvalue weighted by molar-refractivity contribution is 7.14. The number of para-hydroxylation sites is 1. The largest absolute Gasteiger partial charge is 0.480 e. The fourth-order valence-corrected chi connectivity index (χ4v) is 3.67. The molecular weight excluding hydrogens is 358 g/mol. The van der Waals surface area contributed by atoms with Crippen molar-refractivity contribution in [2.75, 3.05) is 5.32 Å². The number of carboxylic acids is 1. The van der Waals surface area contributed by atoms with E-state index in [9.17, 15) is 9.90 Å². The van der Waals surface area contributed by atoms with Gasteiger partial charge in [-0.25, -0.2) is 14.8 Å². The summed E-state index contributed by atoms with van der Waals surface area (Å²) in [4.78, 5) is 21.5. The number of hydrogen-bond donors (Lipinski definition) is 2. The average Bonchev–Trinajstić information content (AvgIpc) is 2.99. The molecule has 1 atom stereocenters. The van der Waals surface area contributed by atoms with Gasteiger partial charge in [0, 0.05) is 5.39 Å². The molecule has 7 heteroatoms. The summed E-state index contributed by atoms with van der Waals surface area (Å²) in [6.07, 6.45) is 0.503. The Morgan fingerprint density at radius 3 is 2.68 bits per heavy atom. The molecule has 0 fully saturated rings. The first-order chi connectivity index (χ1) is 12.0. The number of hydrogen-bond acceptors (Lipinski definition) is 5. The van der Waals surface area contributed by atoms with Gasteiger partial charge >= 0.3 is 5.97 Å². The second-order valence-electron chi connectivity index (χ2n) is 6.18. The second-order valence-corrected chi connectivity index (χ2v) is 7.50. The maximum Gasteiger partial charge on any atom is 0.326 e. The minimum atomic E-state index is -0.896. The zero-order chi connectivity index (χ0) is 18.0. The number of carboxylic acid groups (broad SMARTS) is 1. The van der Waals surface area contributed by atoms with Gasteiger partial charge in [-0.1, -0.05) is 37.6 Å². The van der Waals surface area contributed by atoms with Gasteiger partial charge in [0.15, 0.2) is 5.82 Å². The summed E-state index contributed by atoms with van der Waals surface area (Å²) in [5.74, 6) is 0.355. The standard InChI is InChI=1S/C18H18ClN3O2S/c1-10(2)9-14(18(23)24)21-16-11-5-3-4-6-13(11)20-17(22-16)15-12(19)7-8-25-15/h3-8,10,14H,9H2,1-2H3,(H,23,24)(H,20,21,22). The summed E-state index contributed by atoms with van der Waals surface area (Å²) >= 11 is 7.67. The van der Waals surface area contributed by atoms with Crippen molar-refractivity contribution < 1.29 is 9.90 Å². The molecule has 3 aromatic rings. The lowest BCUT2D eigenvalue weighted by Gasteiger charge is -2.18. The van der Waals surface area contributed by atoms with Crippen molar-refractivity contribution in [1.29, 1.82) is 0 Å². The van der Waals surface area contributed by atoms with Crippen LogP contribution in [0.15, 0.2) is 35.7 Å². The van der Waals surface area contributed by atoms with Gasteiger partial charge in [0.05, 0.1) is 15.4 Å². The summed E-state index contributed by atoms with van der Waals surface area (Å²) in [6, 6.07) is 8.61. The summed E-state index contributed by atoms with van der Waals surface area (Å²) in [7, 11) is 0. The van der Waals surface area contributed by atoms with Gasteiger partial charge in [0.25, 0.3) is 0 Å². The maximum atomic E-state index is 11.6. The van der Waals surface area contributed by atoms with Crippen molar-refractivity contribution in [1.82, 2.24) is 9.97 Å². The second kappa shape index (κ2) is 7.37. The molecule has 0 bridgehead atoms. The van der Waals surface area contributed by atoms with E-state index in [0.29, 0.717) is 23.1 Å². The van der Waals surface area contributed by atoms with Crippen LogP contribution >= 0.6 is 22.9 Å². The lowest BCUT2D eigenvalue weighted by atomic mass is 10.0. The Morgan fingerprint density at radius 1 is 1.28 bits per heavy atom. The topological polar surface area (TPSA) is 75.1 Å². The summed E-state index contributed by atoms with van der Waals surface area (Å²) in [5.41, 5.74) is 0.744. The smallest absolute Gasteiger partial charge is 0.326 e. The third-order valence-electron chi connectivity index (χ3n) is 3.74. The molecular formula is C18H18ClN3O2S. The minimum Gasteiger partial charge on any atom is -0.480 e. The monoisotopic (exact) mass is 375 g/mol. The van der Waals surface area contributed by atoms with Gasteiger partial charge < -0.3 is 10.4 Å². The van der Waals surface area contributed by atoms with E-state index in [1.807, 2.05) is 43.5 Å².